The second-order valence-corrected chi connectivity index (χ2v) is 4.67. The molecule has 1 aliphatic heterocycles. The third-order valence-electron chi connectivity index (χ3n) is 2.95. The first kappa shape index (κ1) is 12.9. The van der Waals surface area contributed by atoms with Crippen molar-refractivity contribution >= 4 is 5.91 Å². The Labute approximate surface area is 107 Å². The molecule has 1 amide bonds. The maximum Gasteiger partial charge on any atom is 0.253 e. The van der Waals surface area contributed by atoms with Gasteiger partial charge in [0, 0.05) is 26.3 Å². The third kappa shape index (κ3) is 3.23. The summed E-state index contributed by atoms with van der Waals surface area (Å²) in [4.78, 5) is 13.4. The zero-order chi connectivity index (χ0) is 13.0. The molecule has 0 aliphatic carbocycles. The van der Waals surface area contributed by atoms with E-state index >= 15 is 0 Å². The van der Waals surface area contributed by atoms with Crippen LogP contribution < -0.4 is 4.74 Å². The van der Waals surface area contributed by atoms with Crippen molar-refractivity contribution in [2.45, 2.75) is 18.9 Å². The van der Waals surface area contributed by atoms with Gasteiger partial charge in [0.05, 0.1) is 6.10 Å². The predicted molar refractivity (Wildman–Crippen MR) is 68.9 cm³/mol. The van der Waals surface area contributed by atoms with Gasteiger partial charge in [-0.1, -0.05) is 6.07 Å². The van der Waals surface area contributed by atoms with Crippen LogP contribution in [0, 0.1) is 0 Å². The SMILES string of the molecule is CN(C)C(=O)c1cccc(OCC2CCCO2)c1. The van der Waals surface area contributed by atoms with E-state index in [0.29, 0.717) is 12.2 Å². The van der Waals surface area contributed by atoms with Crippen LogP contribution in [0.3, 0.4) is 0 Å². The molecule has 1 heterocycles. The molecule has 0 saturated carbocycles. The molecule has 0 aromatic heterocycles. The predicted octanol–water partition coefficient (Wildman–Crippen LogP) is 1.95. The molecule has 1 fully saturated rings. The van der Waals surface area contributed by atoms with Crippen molar-refractivity contribution in [2.75, 3.05) is 27.3 Å². The van der Waals surface area contributed by atoms with Crippen LogP contribution in [0.2, 0.25) is 0 Å². The summed E-state index contributed by atoms with van der Waals surface area (Å²) < 4.78 is 11.2. The summed E-state index contributed by atoms with van der Waals surface area (Å²) in [6.07, 6.45) is 2.35. The number of amides is 1. The topological polar surface area (TPSA) is 38.8 Å². The van der Waals surface area contributed by atoms with Crippen molar-refractivity contribution in [1.29, 1.82) is 0 Å². The molecular weight excluding hydrogens is 230 g/mol. The molecule has 1 atom stereocenters. The fraction of sp³-hybridized carbons (Fsp3) is 0.500. The number of carbonyl (C=O) groups is 1. The van der Waals surface area contributed by atoms with Gasteiger partial charge < -0.3 is 14.4 Å². The van der Waals surface area contributed by atoms with Crippen molar-refractivity contribution in [3.63, 3.8) is 0 Å². The molecule has 1 unspecified atom stereocenters. The lowest BCUT2D eigenvalue weighted by Crippen LogP contribution is -2.21. The molecule has 0 spiro atoms. The van der Waals surface area contributed by atoms with Gasteiger partial charge in [-0.15, -0.1) is 0 Å². The van der Waals surface area contributed by atoms with Crippen LogP contribution in [0.5, 0.6) is 5.75 Å². The van der Waals surface area contributed by atoms with E-state index in [2.05, 4.69) is 0 Å². The van der Waals surface area contributed by atoms with E-state index in [-0.39, 0.29) is 12.0 Å². The van der Waals surface area contributed by atoms with Gasteiger partial charge in [-0.3, -0.25) is 4.79 Å². The summed E-state index contributed by atoms with van der Waals surface area (Å²) >= 11 is 0. The fourth-order valence-corrected chi connectivity index (χ4v) is 1.94. The first-order valence-electron chi connectivity index (χ1n) is 6.23. The van der Waals surface area contributed by atoms with Crippen LogP contribution in [0.1, 0.15) is 23.2 Å². The van der Waals surface area contributed by atoms with Gasteiger partial charge in [-0.25, -0.2) is 0 Å². The van der Waals surface area contributed by atoms with E-state index in [9.17, 15) is 4.79 Å². The Hall–Kier alpha value is -1.55. The average molecular weight is 249 g/mol. The molecule has 4 heteroatoms. The number of benzene rings is 1. The molecule has 98 valence electrons. The Morgan fingerprint density at radius 3 is 3.00 bits per heavy atom. The minimum Gasteiger partial charge on any atom is -0.491 e. The van der Waals surface area contributed by atoms with Gasteiger partial charge in [0.2, 0.25) is 0 Å². The van der Waals surface area contributed by atoms with E-state index in [1.165, 1.54) is 0 Å². The Morgan fingerprint density at radius 2 is 2.33 bits per heavy atom. The molecule has 4 nitrogen and oxygen atoms in total. The zero-order valence-corrected chi connectivity index (χ0v) is 10.9. The van der Waals surface area contributed by atoms with Gasteiger partial charge in [-0.05, 0) is 31.0 Å². The largest absolute Gasteiger partial charge is 0.491 e. The highest BCUT2D eigenvalue weighted by atomic mass is 16.5. The Balaban J connectivity index is 1.96. The summed E-state index contributed by atoms with van der Waals surface area (Å²) in [6, 6.07) is 7.27. The quantitative estimate of drug-likeness (QED) is 0.818. The lowest BCUT2D eigenvalue weighted by molar-refractivity contribution is 0.0678. The molecule has 0 bridgehead atoms. The maximum absolute atomic E-state index is 11.8. The van der Waals surface area contributed by atoms with E-state index in [0.717, 1.165) is 25.2 Å². The highest BCUT2D eigenvalue weighted by Gasteiger charge is 2.16. The van der Waals surface area contributed by atoms with Crippen LogP contribution in [-0.4, -0.2) is 44.2 Å². The highest BCUT2D eigenvalue weighted by Crippen LogP contribution is 2.17. The Bertz CT molecular complexity index is 411. The summed E-state index contributed by atoms with van der Waals surface area (Å²) in [5.41, 5.74) is 0.643. The van der Waals surface area contributed by atoms with Gasteiger partial charge >= 0.3 is 0 Å². The van der Waals surface area contributed by atoms with Crippen molar-refractivity contribution in [3.05, 3.63) is 29.8 Å². The monoisotopic (exact) mass is 249 g/mol. The normalized spacial score (nSPS) is 18.7. The number of hydrogen-bond donors (Lipinski definition) is 0. The molecule has 1 aliphatic rings. The van der Waals surface area contributed by atoms with Crippen molar-refractivity contribution in [1.82, 2.24) is 4.90 Å². The molecule has 1 aromatic carbocycles. The van der Waals surface area contributed by atoms with E-state index < -0.39 is 0 Å². The maximum atomic E-state index is 11.8. The number of hydrogen-bond acceptors (Lipinski definition) is 3. The highest BCUT2D eigenvalue weighted by molar-refractivity contribution is 5.94. The Morgan fingerprint density at radius 1 is 1.50 bits per heavy atom. The standard InChI is InChI=1S/C14H19NO3/c1-15(2)14(16)11-5-3-6-12(9-11)18-10-13-7-4-8-17-13/h3,5-6,9,13H,4,7-8,10H2,1-2H3. The first-order chi connectivity index (χ1) is 8.66. The zero-order valence-electron chi connectivity index (χ0n) is 10.9. The van der Waals surface area contributed by atoms with Crippen LogP contribution >= 0.6 is 0 Å². The molecule has 0 N–H and O–H groups in total. The van der Waals surface area contributed by atoms with Crippen LogP contribution in [0.4, 0.5) is 0 Å². The summed E-state index contributed by atoms with van der Waals surface area (Å²) in [7, 11) is 3.48. The second-order valence-electron chi connectivity index (χ2n) is 4.67. The molecule has 0 radical (unpaired) electrons. The van der Waals surface area contributed by atoms with E-state index in [4.69, 9.17) is 9.47 Å². The van der Waals surface area contributed by atoms with Gasteiger partial charge in [0.15, 0.2) is 0 Å². The molecular formula is C14H19NO3. The van der Waals surface area contributed by atoms with Gasteiger partial charge in [0.25, 0.3) is 5.91 Å². The van der Waals surface area contributed by atoms with Crippen molar-refractivity contribution in [2.24, 2.45) is 0 Å². The summed E-state index contributed by atoms with van der Waals surface area (Å²) in [6.45, 7) is 1.38. The molecule has 1 aromatic rings. The van der Waals surface area contributed by atoms with Crippen LogP contribution in [0.25, 0.3) is 0 Å². The number of rotatable bonds is 4. The van der Waals surface area contributed by atoms with Gasteiger partial charge in [-0.2, -0.15) is 0 Å². The lowest BCUT2D eigenvalue weighted by Gasteiger charge is -2.13. The van der Waals surface area contributed by atoms with Crippen LogP contribution in [-0.2, 0) is 4.74 Å². The van der Waals surface area contributed by atoms with E-state index in [1.807, 2.05) is 12.1 Å². The minimum atomic E-state index is -0.0161. The summed E-state index contributed by atoms with van der Waals surface area (Å²) in [5.74, 6) is 0.704. The minimum absolute atomic E-state index is 0.0161. The molecule has 2 rings (SSSR count). The lowest BCUT2D eigenvalue weighted by atomic mass is 10.2. The smallest absolute Gasteiger partial charge is 0.253 e. The Kier molecular flexibility index (Phi) is 4.20. The molecule has 1 saturated heterocycles. The number of ether oxygens (including phenoxy) is 2. The van der Waals surface area contributed by atoms with Crippen molar-refractivity contribution < 1.29 is 14.3 Å². The van der Waals surface area contributed by atoms with E-state index in [1.54, 1.807) is 31.1 Å². The second kappa shape index (κ2) is 5.87. The molecule has 18 heavy (non-hydrogen) atoms. The third-order valence-corrected chi connectivity index (χ3v) is 2.95. The number of carbonyl (C=O) groups excluding carboxylic acids is 1. The van der Waals surface area contributed by atoms with Crippen molar-refractivity contribution in [3.8, 4) is 5.75 Å². The fourth-order valence-electron chi connectivity index (χ4n) is 1.94. The first-order valence-corrected chi connectivity index (χ1v) is 6.23. The van der Waals surface area contributed by atoms with Crippen LogP contribution in [0.15, 0.2) is 24.3 Å². The number of nitrogens with zero attached hydrogens (tertiary/aromatic N) is 1. The average Bonchev–Trinajstić information content (AvgIpc) is 2.89. The summed E-state index contributed by atoms with van der Waals surface area (Å²) in [5, 5.41) is 0. The van der Waals surface area contributed by atoms with Gasteiger partial charge in [0.1, 0.15) is 12.4 Å².